The van der Waals surface area contributed by atoms with Gasteiger partial charge in [-0.25, -0.2) is 0 Å². The largest absolute Gasteiger partial charge is 0.480 e. The molecule has 0 bridgehead atoms. The van der Waals surface area contributed by atoms with E-state index in [0.717, 1.165) is 24.3 Å². The van der Waals surface area contributed by atoms with Gasteiger partial charge < -0.3 is 15.7 Å². The molecule has 3 N–H and O–H groups in total. The van der Waals surface area contributed by atoms with Crippen LogP contribution in [0, 0.1) is 0 Å². The zero-order chi connectivity index (χ0) is 13.5. The number of carboxylic acids is 1. The predicted octanol–water partition coefficient (Wildman–Crippen LogP) is 2.50. The second-order valence-corrected chi connectivity index (χ2v) is 4.14. The molecule has 0 heterocycles. The van der Waals surface area contributed by atoms with Gasteiger partial charge in [-0.05, 0) is 31.0 Å². The van der Waals surface area contributed by atoms with E-state index in [2.05, 4.69) is 18.4 Å². The molecule has 0 amide bonds. The van der Waals surface area contributed by atoms with Gasteiger partial charge in [0, 0.05) is 18.8 Å². The number of halogens is 2. The molecule has 0 saturated carbocycles. The van der Waals surface area contributed by atoms with Crippen LogP contribution in [0.25, 0.3) is 0 Å². The van der Waals surface area contributed by atoms with Crippen molar-refractivity contribution in [2.75, 3.05) is 18.0 Å². The highest BCUT2D eigenvalue weighted by Crippen LogP contribution is 2.15. The number of carbonyl (C=O) groups is 1. The van der Waals surface area contributed by atoms with Crippen molar-refractivity contribution in [2.24, 2.45) is 5.73 Å². The van der Waals surface area contributed by atoms with Crippen LogP contribution in [-0.2, 0) is 11.2 Å². The smallest absolute Gasteiger partial charge is 0.320 e. The number of rotatable bonds is 7. The SMILES string of the molecule is C=CCN(CC)c1ccc(C[C@H](N)C(=O)O)cc1.Cl.Cl. The molecule has 1 atom stereocenters. The Kier molecular flexibility index (Phi) is 11.1. The van der Waals surface area contributed by atoms with E-state index >= 15 is 0 Å². The van der Waals surface area contributed by atoms with Crippen molar-refractivity contribution in [1.29, 1.82) is 0 Å². The first-order valence-corrected chi connectivity index (χ1v) is 6.01. The average molecular weight is 321 g/mol. The Hall–Kier alpha value is -1.23. The minimum atomic E-state index is -0.971. The minimum absolute atomic E-state index is 0. The fraction of sp³-hybridized carbons (Fsp3) is 0.357. The van der Waals surface area contributed by atoms with Crippen molar-refractivity contribution >= 4 is 36.5 Å². The maximum Gasteiger partial charge on any atom is 0.320 e. The van der Waals surface area contributed by atoms with E-state index in [1.54, 1.807) is 0 Å². The number of benzene rings is 1. The Morgan fingerprint density at radius 2 is 1.95 bits per heavy atom. The summed E-state index contributed by atoms with van der Waals surface area (Å²) in [5.41, 5.74) is 7.53. The maximum atomic E-state index is 10.7. The molecule has 0 aliphatic rings. The molecule has 1 aromatic rings. The van der Waals surface area contributed by atoms with Crippen molar-refractivity contribution in [2.45, 2.75) is 19.4 Å². The molecule has 1 aromatic carbocycles. The zero-order valence-corrected chi connectivity index (χ0v) is 13.1. The van der Waals surface area contributed by atoms with Gasteiger partial charge in [0.2, 0.25) is 0 Å². The topological polar surface area (TPSA) is 66.6 Å². The molecule has 0 radical (unpaired) electrons. The Balaban J connectivity index is 0. The van der Waals surface area contributed by atoms with E-state index in [1.807, 2.05) is 30.3 Å². The second kappa shape index (κ2) is 10.5. The lowest BCUT2D eigenvalue weighted by molar-refractivity contribution is -0.138. The Bertz CT molecular complexity index is 410. The summed E-state index contributed by atoms with van der Waals surface area (Å²) >= 11 is 0. The molecule has 114 valence electrons. The zero-order valence-electron chi connectivity index (χ0n) is 11.5. The average Bonchev–Trinajstić information content (AvgIpc) is 2.37. The van der Waals surface area contributed by atoms with E-state index in [4.69, 9.17) is 10.8 Å². The van der Waals surface area contributed by atoms with Crippen LogP contribution in [0.4, 0.5) is 5.69 Å². The number of aliphatic carboxylic acids is 1. The molecular formula is C14H22Cl2N2O2. The molecule has 0 aliphatic carbocycles. The van der Waals surface area contributed by atoms with Gasteiger partial charge in [-0.1, -0.05) is 18.2 Å². The van der Waals surface area contributed by atoms with Crippen molar-refractivity contribution in [1.82, 2.24) is 0 Å². The van der Waals surface area contributed by atoms with Gasteiger partial charge in [-0.15, -0.1) is 31.4 Å². The van der Waals surface area contributed by atoms with Crippen LogP contribution in [0.3, 0.4) is 0 Å². The van der Waals surface area contributed by atoms with E-state index in [-0.39, 0.29) is 24.8 Å². The van der Waals surface area contributed by atoms with Gasteiger partial charge in [-0.2, -0.15) is 0 Å². The van der Waals surface area contributed by atoms with Gasteiger partial charge in [0.1, 0.15) is 6.04 Å². The summed E-state index contributed by atoms with van der Waals surface area (Å²) in [7, 11) is 0. The third-order valence-electron chi connectivity index (χ3n) is 2.81. The Morgan fingerprint density at radius 3 is 2.35 bits per heavy atom. The van der Waals surface area contributed by atoms with E-state index < -0.39 is 12.0 Å². The van der Waals surface area contributed by atoms with Crippen molar-refractivity contribution < 1.29 is 9.90 Å². The maximum absolute atomic E-state index is 10.7. The molecule has 0 fully saturated rings. The molecule has 0 saturated heterocycles. The van der Waals surface area contributed by atoms with Crippen LogP contribution in [-0.4, -0.2) is 30.2 Å². The summed E-state index contributed by atoms with van der Waals surface area (Å²) < 4.78 is 0. The summed E-state index contributed by atoms with van der Waals surface area (Å²) in [6.07, 6.45) is 2.21. The quantitative estimate of drug-likeness (QED) is 0.757. The highest BCUT2D eigenvalue weighted by atomic mass is 35.5. The summed E-state index contributed by atoms with van der Waals surface area (Å²) in [5.74, 6) is -0.971. The molecular weight excluding hydrogens is 299 g/mol. The monoisotopic (exact) mass is 320 g/mol. The lowest BCUT2D eigenvalue weighted by Crippen LogP contribution is -2.32. The number of nitrogens with zero attached hydrogens (tertiary/aromatic N) is 1. The van der Waals surface area contributed by atoms with Gasteiger partial charge >= 0.3 is 5.97 Å². The first-order chi connectivity index (χ1) is 8.58. The molecule has 0 aromatic heterocycles. The first kappa shape index (κ1) is 21.1. The van der Waals surface area contributed by atoms with Gasteiger partial charge in [0.15, 0.2) is 0 Å². The Labute approximate surface area is 132 Å². The van der Waals surface area contributed by atoms with Crippen molar-refractivity contribution in [3.8, 4) is 0 Å². The number of carboxylic acid groups (broad SMARTS) is 1. The molecule has 20 heavy (non-hydrogen) atoms. The molecule has 0 aliphatic heterocycles. The van der Waals surface area contributed by atoms with Gasteiger partial charge in [0.05, 0.1) is 0 Å². The lowest BCUT2D eigenvalue weighted by atomic mass is 10.1. The van der Waals surface area contributed by atoms with Crippen LogP contribution in [0.1, 0.15) is 12.5 Å². The fourth-order valence-corrected chi connectivity index (χ4v) is 1.76. The number of anilines is 1. The predicted molar refractivity (Wildman–Crippen MR) is 88.3 cm³/mol. The third kappa shape index (κ3) is 6.28. The van der Waals surface area contributed by atoms with E-state index in [0.29, 0.717) is 6.42 Å². The molecule has 0 spiro atoms. The minimum Gasteiger partial charge on any atom is -0.480 e. The van der Waals surface area contributed by atoms with E-state index in [1.165, 1.54) is 0 Å². The fourth-order valence-electron chi connectivity index (χ4n) is 1.76. The highest BCUT2D eigenvalue weighted by molar-refractivity contribution is 5.85. The molecule has 0 unspecified atom stereocenters. The highest BCUT2D eigenvalue weighted by Gasteiger charge is 2.12. The van der Waals surface area contributed by atoms with Gasteiger partial charge in [0.25, 0.3) is 0 Å². The van der Waals surface area contributed by atoms with Crippen LogP contribution in [0.15, 0.2) is 36.9 Å². The summed E-state index contributed by atoms with van der Waals surface area (Å²) in [5, 5.41) is 8.75. The number of hydrogen-bond donors (Lipinski definition) is 2. The number of hydrogen-bond acceptors (Lipinski definition) is 3. The second-order valence-electron chi connectivity index (χ2n) is 4.14. The van der Waals surface area contributed by atoms with E-state index in [9.17, 15) is 4.79 Å². The molecule has 1 rings (SSSR count). The normalized spacial score (nSPS) is 10.7. The molecule has 6 heteroatoms. The summed E-state index contributed by atoms with van der Waals surface area (Å²) in [6, 6.07) is 6.97. The van der Waals surface area contributed by atoms with Gasteiger partial charge in [-0.3, -0.25) is 4.79 Å². The summed E-state index contributed by atoms with van der Waals surface area (Å²) in [4.78, 5) is 12.8. The summed E-state index contributed by atoms with van der Waals surface area (Å²) in [6.45, 7) is 7.51. The van der Waals surface area contributed by atoms with Crippen LogP contribution in [0.2, 0.25) is 0 Å². The van der Waals surface area contributed by atoms with Crippen LogP contribution in [0.5, 0.6) is 0 Å². The van der Waals surface area contributed by atoms with Crippen molar-refractivity contribution in [3.05, 3.63) is 42.5 Å². The number of nitrogens with two attached hydrogens (primary N) is 1. The molecule has 4 nitrogen and oxygen atoms in total. The lowest BCUT2D eigenvalue weighted by Gasteiger charge is -2.21. The number of likely N-dealkylation sites (N-methyl/N-ethyl adjacent to an activating group) is 1. The third-order valence-corrected chi connectivity index (χ3v) is 2.81. The van der Waals surface area contributed by atoms with Crippen LogP contribution >= 0.6 is 24.8 Å². The van der Waals surface area contributed by atoms with Crippen LogP contribution < -0.4 is 10.6 Å². The first-order valence-electron chi connectivity index (χ1n) is 6.01. The van der Waals surface area contributed by atoms with Crippen molar-refractivity contribution in [3.63, 3.8) is 0 Å². The standard InChI is InChI=1S/C14H20N2O2.2ClH/c1-3-9-16(4-2)12-7-5-11(6-8-12)10-13(15)14(17)18;;/h3,5-8,13H,1,4,9-10,15H2,2H3,(H,17,18);2*1H/t13-;;/m0../s1. The Morgan fingerprint density at radius 1 is 1.40 bits per heavy atom.